The van der Waals surface area contributed by atoms with Crippen LogP contribution in [0.25, 0.3) is 10.2 Å². The molecular formula is C17H10Cl4N2OS. The lowest BCUT2D eigenvalue weighted by atomic mass is 10.2. The maximum atomic E-state index is 12.5. The van der Waals surface area contributed by atoms with E-state index in [0.29, 0.717) is 31.9 Å². The van der Waals surface area contributed by atoms with Gasteiger partial charge in [0.05, 0.1) is 30.8 Å². The van der Waals surface area contributed by atoms with E-state index in [9.17, 15) is 4.79 Å². The zero-order valence-corrected chi connectivity index (χ0v) is 16.4. The number of nitrogens with zero attached hydrogens (tertiary/aromatic N) is 2. The molecule has 0 fully saturated rings. The van der Waals surface area contributed by atoms with E-state index in [1.807, 2.05) is 6.07 Å². The summed E-state index contributed by atoms with van der Waals surface area (Å²) in [7, 11) is 0. The summed E-state index contributed by atoms with van der Waals surface area (Å²) in [6.45, 7) is 4.17. The van der Waals surface area contributed by atoms with E-state index >= 15 is 0 Å². The third-order valence-electron chi connectivity index (χ3n) is 3.40. The molecule has 8 heteroatoms. The smallest absolute Gasteiger partial charge is 0.281 e. The van der Waals surface area contributed by atoms with Crippen LogP contribution in [0.2, 0.25) is 20.1 Å². The lowest BCUT2D eigenvalue weighted by Gasteiger charge is -2.04. The Hall–Kier alpha value is -1.30. The fourth-order valence-corrected chi connectivity index (χ4v) is 4.31. The quantitative estimate of drug-likeness (QED) is 0.451. The molecule has 0 saturated carbocycles. The number of amides is 1. The van der Waals surface area contributed by atoms with Crippen LogP contribution in [0.3, 0.4) is 0 Å². The van der Waals surface area contributed by atoms with Crippen LogP contribution in [-0.4, -0.2) is 10.5 Å². The molecule has 25 heavy (non-hydrogen) atoms. The standard InChI is InChI=1S/C17H10Cl4N2OS/c1-2-7-23-15-13(6-5-11(19)14(15)21)25-17(23)22-16(24)10-4-3-9(18)8-12(10)20/h2-6,8H,1,7H2. The van der Waals surface area contributed by atoms with Gasteiger partial charge in [0.25, 0.3) is 5.91 Å². The number of halogens is 4. The molecule has 0 bridgehead atoms. The fourth-order valence-electron chi connectivity index (χ4n) is 2.30. The first-order valence-corrected chi connectivity index (χ1v) is 9.37. The highest BCUT2D eigenvalue weighted by Gasteiger charge is 2.14. The Bertz CT molecular complexity index is 1070. The van der Waals surface area contributed by atoms with E-state index in [2.05, 4.69) is 11.6 Å². The van der Waals surface area contributed by atoms with Crippen molar-refractivity contribution in [2.75, 3.05) is 0 Å². The second-order valence-electron chi connectivity index (χ2n) is 5.03. The monoisotopic (exact) mass is 430 g/mol. The number of carbonyl (C=O) groups excluding carboxylic acids is 1. The Balaban J connectivity index is 2.22. The number of thiazole rings is 1. The summed E-state index contributed by atoms with van der Waals surface area (Å²) in [5.41, 5.74) is 0.991. The van der Waals surface area contributed by atoms with Crippen molar-refractivity contribution in [2.24, 2.45) is 4.99 Å². The highest BCUT2D eigenvalue weighted by molar-refractivity contribution is 7.16. The van der Waals surface area contributed by atoms with E-state index < -0.39 is 5.91 Å². The summed E-state index contributed by atoms with van der Waals surface area (Å²) >= 11 is 25.7. The second-order valence-corrected chi connectivity index (χ2v) is 7.67. The number of hydrogen-bond donors (Lipinski definition) is 0. The Morgan fingerprint density at radius 3 is 2.60 bits per heavy atom. The summed E-state index contributed by atoms with van der Waals surface area (Å²) in [5.74, 6) is -0.465. The molecule has 0 radical (unpaired) electrons. The third kappa shape index (κ3) is 3.64. The van der Waals surface area contributed by atoms with Gasteiger partial charge in [-0.2, -0.15) is 4.99 Å². The van der Waals surface area contributed by atoms with Gasteiger partial charge in [0, 0.05) is 11.6 Å². The zero-order chi connectivity index (χ0) is 18.1. The number of fused-ring (bicyclic) bond motifs is 1. The van der Waals surface area contributed by atoms with Gasteiger partial charge in [-0.05, 0) is 30.3 Å². The minimum atomic E-state index is -0.465. The number of carbonyl (C=O) groups is 1. The SMILES string of the molecule is C=CCn1c(=NC(=O)c2ccc(Cl)cc2Cl)sc2ccc(Cl)c(Cl)c21. The number of hydrogen-bond acceptors (Lipinski definition) is 2. The van der Waals surface area contributed by atoms with Crippen LogP contribution in [0, 0.1) is 0 Å². The predicted molar refractivity (Wildman–Crippen MR) is 106 cm³/mol. The topological polar surface area (TPSA) is 34.4 Å². The van der Waals surface area contributed by atoms with Crippen molar-refractivity contribution in [3.05, 3.63) is 73.4 Å². The first-order chi connectivity index (χ1) is 11.9. The van der Waals surface area contributed by atoms with Gasteiger partial charge in [-0.1, -0.05) is 63.8 Å². The van der Waals surface area contributed by atoms with Gasteiger partial charge in [0.15, 0.2) is 4.80 Å². The first kappa shape index (κ1) is 18.5. The summed E-state index contributed by atoms with van der Waals surface area (Å²) in [4.78, 5) is 17.2. The number of rotatable bonds is 3. The maximum absolute atomic E-state index is 12.5. The van der Waals surface area contributed by atoms with E-state index in [0.717, 1.165) is 4.70 Å². The van der Waals surface area contributed by atoms with Crippen molar-refractivity contribution in [2.45, 2.75) is 6.54 Å². The van der Waals surface area contributed by atoms with E-state index in [1.54, 1.807) is 28.8 Å². The lowest BCUT2D eigenvalue weighted by molar-refractivity contribution is 0.0998. The Morgan fingerprint density at radius 1 is 1.16 bits per heavy atom. The van der Waals surface area contributed by atoms with Gasteiger partial charge in [-0.15, -0.1) is 6.58 Å². The number of benzene rings is 2. The second kappa shape index (κ2) is 7.52. The highest BCUT2D eigenvalue weighted by atomic mass is 35.5. The predicted octanol–water partition coefficient (Wildman–Crippen LogP) is 6.24. The molecule has 0 saturated heterocycles. The summed E-state index contributed by atoms with van der Waals surface area (Å²) in [6.07, 6.45) is 1.70. The molecule has 0 aliphatic carbocycles. The van der Waals surface area contributed by atoms with Crippen LogP contribution in [0.1, 0.15) is 10.4 Å². The summed E-state index contributed by atoms with van der Waals surface area (Å²) in [6, 6.07) is 8.20. The molecule has 0 aliphatic rings. The molecule has 3 rings (SSSR count). The van der Waals surface area contributed by atoms with Crippen LogP contribution >= 0.6 is 57.7 Å². The van der Waals surface area contributed by atoms with Gasteiger partial charge in [0.1, 0.15) is 0 Å². The van der Waals surface area contributed by atoms with Crippen molar-refractivity contribution < 1.29 is 4.79 Å². The molecule has 0 N–H and O–H groups in total. The summed E-state index contributed by atoms with van der Waals surface area (Å²) < 4.78 is 2.66. The van der Waals surface area contributed by atoms with E-state index in [-0.39, 0.29) is 10.6 Å². The minimum Gasteiger partial charge on any atom is -0.311 e. The van der Waals surface area contributed by atoms with Crippen LogP contribution in [0.15, 0.2) is 48.0 Å². The first-order valence-electron chi connectivity index (χ1n) is 7.04. The average molecular weight is 432 g/mol. The molecule has 3 nitrogen and oxygen atoms in total. The molecule has 3 aromatic rings. The molecular weight excluding hydrogens is 422 g/mol. The van der Waals surface area contributed by atoms with Gasteiger partial charge in [-0.25, -0.2) is 0 Å². The highest BCUT2D eigenvalue weighted by Crippen LogP contribution is 2.32. The molecule has 2 aromatic carbocycles. The van der Waals surface area contributed by atoms with Crippen molar-refractivity contribution in [1.29, 1.82) is 0 Å². The molecule has 1 aromatic heterocycles. The van der Waals surface area contributed by atoms with Crippen LogP contribution in [-0.2, 0) is 6.54 Å². The Kier molecular flexibility index (Phi) is 5.56. The lowest BCUT2D eigenvalue weighted by Crippen LogP contribution is -2.16. The molecule has 1 amide bonds. The molecule has 1 heterocycles. The average Bonchev–Trinajstić information content (AvgIpc) is 2.89. The van der Waals surface area contributed by atoms with Crippen molar-refractivity contribution in [3.63, 3.8) is 0 Å². The van der Waals surface area contributed by atoms with E-state index in [4.69, 9.17) is 46.4 Å². The van der Waals surface area contributed by atoms with Crippen LogP contribution in [0.4, 0.5) is 0 Å². The molecule has 0 aliphatic heterocycles. The van der Waals surface area contributed by atoms with Gasteiger partial charge in [0.2, 0.25) is 0 Å². The van der Waals surface area contributed by atoms with E-state index in [1.165, 1.54) is 17.4 Å². The minimum absolute atomic E-state index is 0.249. The zero-order valence-electron chi connectivity index (χ0n) is 12.6. The molecule has 0 unspecified atom stereocenters. The van der Waals surface area contributed by atoms with Crippen LogP contribution in [0.5, 0.6) is 0 Å². The van der Waals surface area contributed by atoms with Crippen LogP contribution < -0.4 is 4.80 Å². The van der Waals surface area contributed by atoms with Crippen molar-refractivity contribution >= 4 is 73.9 Å². The largest absolute Gasteiger partial charge is 0.311 e. The third-order valence-corrected chi connectivity index (χ3v) is 5.79. The molecule has 128 valence electrons. The number of aromatic nitrogens is 1. The van der Waals surface area contributed by atoms with Gasteiger partial charge < -0.3 is 4.57 Å². The Labute approximate surface area is 167 Å². The summed E-state index contributed by atoms with van der Waals surface area (Å²) in [5, 5.41) is 1.55. The van der Waals surface area contributed by atoms with Crippen molar-refractivity contribution in [3.8, 4) is 0 Å². The fraction of sp³-hybridized carbons (Fsp3) is 0.0588. The number of allylic oxidation sites excluding steroid dienone is 1. The van der Waals surface area contributed by atoms with Gasteiger partial charge >= 0.3 is 0 Å². The molecule has 0 spiro atoms. The maximum Gasteiger partial charge on any atom is 0.281 e. The Morgan fingerprint density at radius 2 is 1.92 bits per heavy atom. The van der Waals surface area contributed by atoms with Gasteiger partial charge in [-0.3, -0.25) is 4.79 Å². The normalized spacial score (nSPS) is 11.9. The van der Waals surface area contributed by atoms with Crippen molar-refractivity contribution in [1.82, 2.24) is 4.57 Å². The molecule has 0 atom stereocenters.